The highest BCUT2D eigenvalue weighted by molar-refractivity contribution is 5.23. The zero-order valence-electron chi connectivity index (χ0n) is 8.72. The highest BCUT2D eigenvalue weighted by Gasteiger charge is 1.97. The lowest BCUT2D eigenvalue weighted by atomic mass is 10.2. The number of rotatable bonds is 3. The number of nitrogens with two attached hydrogens (primary N) is 1. The molecule has 2 aromatic heterocycles. The van der Waals surface area contributed by atoms with E-state index in [4.69, 9.17) is 5.73 Å². The van der Waals surface area contributed by atoms with Crippen molar-refractivity contribution >= 4 is 5.82 Å². The number of nitrogens with zero attached hydrogens (tertiary/aromatic N) is 3. The Balaban J connectivity index is 1.96. The molecule has 2 rings (SSSR count). The molecule has 0 bridgehead atoms. The Morgan fingerprint density at radius 3 is 2.80 bits per heavy atom. The number of pyridine rings is 1. The van der Waals surface area contributed by atoms with Gasteiger partial charge in [-0.25, -0.2) is 0 Å². The van der Waals surface area contributed by atoms with E-state index in [1.54, 1.807) is 6.07 Å². The van der Waals surface area contributed by atoms with Crippen LogP contribution in [0.4, 0.5) is 5.82 Å². The van der Waals surface area contributed by atoms with E-state index in [0.717, 1.165) is 18.7 Å². The number of aromatic nitrogens is 3. The molecule has 2 N–H and O–H groups in total. The van der Waals surface area contributed by atoms with E-state index in [9.17, 15) is 0 Å². The third kappa shape index (κ3) is 2.56. The lowest BCUT2D eigenvalue weighted by Gasteiger charge is -2.01. The van der Waals surface area contributed by atoms with Gasteiger partial charge in [0, 0.05) is 31.1 Å². The number of hydrogen-bond donors (Lipinski definition) is 1. The maximum absolute atomic E-state index is 5.52. The SMILES string of the molecule is Cc1ccc(CCn2ccc(N)n2)nc1. The Morgan fingerprint density at radius 2 is 2.20 bits per heavy atom. The van der Waals surface area contributed by atoms with Gasteiger partial charge in [0.25, 0.3) is 0 Å². The molecule has 0 saturated heterocycles. The van der Waals surface area contributed by atoms with E-state index in [1.807, 2.05) is 30.1 Å². The Hall–Kier alpha value is -1.84. The summed E-state index contributed by atoms with van der Waals surface area (Å²) in [5.41, 5.74) is 7.78. The molecule has 0 radical (unpaired) electrons. The van der Waals surface area contributed by atoms with Gasteiger partial charge in [-0.05, 0) is 24.6 Å². The summed E-state index contributed by atoms with van der Waals surface area (Å²) >= 11 is 0. The Bertz CT molecular complexity index is 430. The van der Waals surface area contributed by atoms with Crippen molar-refractivity contribution in [3.05, 3.63) is 41.9 Å². The van der Waals surface area contributed by atoms with Crippen LogP contribution in [-0.2, 0) is 13.0 Å². The van der Waals surface area contributed by atoms with Gasteiger partial charge in [0.15, 0.2) is 0 Å². The lowest BCUT2D eigenvalue weighted by molar-refractivity contribution is 0.611. The maximum Gasteiger partial charge on any atom is 0.145 e. The molecule has 0 atom stereocenters. The molecule has 0 aromatic carbocycles. The second kappa shape index (κ2) is 4.13. The number of hydrogen-bond acceptors (Lipinski definition) is 3. The minimum Gasteiger partial charge on any atom is -0.382 e. The second-order valence-electron chi connectivity index (χ2n) is 3.58. The van der Waals surface area contributed by atoms with Gasteiger partial charge < -0.3 is 5.73 Å². The molecule has 4 heteroatoms. The van der Waals surface area contributed by atoms with Crippen LogP contribution in [0.15, 0.2) is 30.6 Å². The van der Waals surface area contributed by atoms with Crippen LogP contribution in [-0.4, -0.2) is 14.8 Å². The number of nitrogen functional groups attached to an aromatic ring is 1. The highest BCUT2D eigenvalue weighted by atomic mass is 15.3. The molecular weight excluding hydrogens is 188 g/mol. The van der Waals surface area contributed by atoms with E-state index in [2.05, 4.69) is 16.1 Å². The minimum absolute atomic E-state index is 0.562. The van der Waals surface area contributed by atoms with E-state index in [1.165, 1.54) is 5.56 Å². The van der Waals surface area contributed by atoms with Crippen molar-refractivity contribution in [1.82, 2.24) is 14.8 Å². The van der Waals surface area contributed by atoms with E-state index in [-0.39, 0.29) is 0 Å². The van der Waals surface area contributed by atoms with Gasteiger partial charge in [-0.3, -0.25) is 9.67 Å². The first kappa shape index (κ1) is 9.71. The predicted octanol–water partition coefficient (Wildman–Crippen LogP) is 1.41. The van der Waals surface area contributed by atoms with Crippen molar-refractivity contribution in [3.8, 4) is 0 Å². The molecule has 0 unspecified atom stereocenters. The van der Waals surface area contributed by atoms with Crippen LogP contribution in [0.2, 0.25) is 0 Å². The van der Waals surface area contributed by atoms with Crippen molar-refractivity contribution < 1.29 is 0 Å². The summed E-state index contributed by atoms with van der Waals surface area (Å²) in [4.78, 5) is 4.33. The van der Waals surface area contributed by atoms with Gasteiger partial charge in [0.2, 0.25) is 0 Å². The molecule has 2 heterocycles. The summed E-state index contributed by atoms with van der Waals surface area (Å²) in [6.45, 7) is 2.85. The van der Waals surface area contributed by atoms with Crippen LogP contribution < -0.4 is 5.73 Å². The van der Waals surface area contributed by atoms with Gasteiger partial charge >= 0.3 is 0 Å². The zero-order chi connectivity index (χ0) is 10.7. The molecule has 2 aromatic rings. The molecule has 0 spiro atoms. The Labute approximate surface area is 88.8 Å². The summed E-state index contributed by atoms with van der Waals surface area (Å²) in [5, 5.41) is 4.11. The average Bonchev–Trinajstić information content (AvgIpc) is 2.64. The predicted molar refractivity (Wildman–Crippen MR) is 59.3 cm³/mol. The largest absolute Gasteiger partial charge is 0.382 e. The minimum atomic E-state index is 0.562. The number of anilines is 1. The molecule has 0 aliphatic carbocycles. The molecular formula is C11H14N4. The molecule has 0 aliphatic rings. The van der Waals surface area contributed by atoms with Gasteiger partial charge in [-0.15, -0.1) is 0 Å². The molecule has 0 aliphatic heterocycles. The maximum atomic E-state index is 5.52. The van der Waals surface area contributed by atoms with Gasteiger partial charge in [0.05, 0.1) is 0 Å². The van der Waals surface area contributed by atoms with Crippen molar-refractivity contribution in [2.45, 2.75) is 19.9 Å². The summed E-state index contributed by atoms with van der Waals surface area (Å²) in [5.74, 6) is 0.562. The first-order valence-corrected chi connectivity index (χ1v) is 4.94. The molecule has 0 amide bonds. The normalized spacial score (nSPS) is 10.5. The van der Waals surface area contributed by atoms with Gasteiger partial charge in [-0.1, -0.05) is 6.07 Å². The standard InChI is InChI=1S/C11H14N4/c1-9-2-3-10(13-8-9)4-6-15-7-5-11(12)14-15/h2-3,5,7-8H,4,6H2,1H3,(H2,12,14). The quantitative estimate of drug-likeness (QED) is 0.818. The van der Waals surface area contributed by atoms with Crippen LogP contribution in [0.5, 0.6) is 0 Å². The molecule has 78 valence electrons. The highest BCUT2D eigenvalue weighted by Crippen LogP contribution is 2.02. The van der Waals surface area contributed by atoms with Crippen molar-refractivity contribution in [3.63, 3.8) is 0 Å². The molecule has 0 saturated carbocycles. The van der Waals surface area contributed by atoms with Crippen molar-refractivity contribution in [2.24, 2.45) is 0 Å². The Kier molecular flexibility index (Phi) is 2.67. The fraction of sp³-hybridized carbons (Fsp3) is 0.273. The van der Waals surface area contributed by atoms with Gasteiger partial charge in [0.1, 0.15) is 5.82 Å². The third-order valence-electron chi connectivity index (χ3n) is 2.23. The van der Waals surface area contributed by atoms with Crippen LogP contribution in [0, 0.1) is 6.92 Å². The lowest BCUT2D eigenvalue weighted by Crippen LogP contribution is -2.03. The fourth-order valence-electron chi connectivity index (χ4n) is 1.38. The topological polar surface area (TPSA) is 56.7 Å². The third-order valence-corrected chi connectivity index (χ3v) is 2.23. The zero-order valence-corrected chi connectivity index (χ0v) is 8.72. The number of aryl methyl sites for hydroxylation is 3. The van der Waals surface area contributed by atoms with Crippen LogP contribution in [0.1, 0.15) is 11.3 Å². The molecule has 4 nitrogen and oxygen atoms in total. The first-order chi connectivity index (χ1) is 7.24. The summed E-state index contributed by atoms with van der Waals surface area (Å²) in [6.07, 6.45) is 4.64. The van der Waals surface area contributed by atoms with E-state index in [0.29, 0.717) is 5.82 Å². The second-order valence-corrected chi connectivity index (χ2v) is 3.58. The average molecular weight is 202 g/mol. The molecule has 15 heavy (non-hydrogen) atoms. The Morgan fingerprint density at radius 1 is 1.33 bits per heavy atom. The first-order valence-electron chi connectivity index (χ1n) is 4.94. The summed E-state index contributed by atoms with van der Waals surface area (Å²) in [7, 11) is 0. The smallest absolute Gasteiger partial charge is 0.145 e. The van der Waals surface area contributed by atoms with Crippen LogP contribution in [0.25, 0.3) is 0 Å². The summed E-state index contributed by atoms with van der Waals surface area (Å²) < 4.78 is 1.83. The fourth-order valence-corrected chi connectivity index (χ4v) is 1.38. The summed E-state index contributed by atoms with van der Waals surface area (Å²) in [6, 6.07) is 5.91. The molecule has 0 fully saturated rings. The van der Waals surface area contributed by atoms with Crippen molar-refractivity contribution in [1.29, 1.82) is 0 Å². The van der Waals surface area contributed by atoms with Crippen molar-refractivity contribution in [2.75, 3.05) is 5.73 Å². The van der Waals surface area contributed by atoms with Crippen LogP contribution >= 0.6 is 0 Å². The van der Waals surface area contributed by atoms with Gasteiger partial charge in [-0.2, -0.15) is 5.10 Å². The van der Waals surface area contributed by atoms with E-state index >= 15 is 0 Å². The van der Waals surface area contributed by atoms with E-state index < -0.39 is 0 Å². The van der Waals surface area contributed by atoms with Crippen LogP contribution in [0.3, 0.4) is 0 Å². The monoisotopic (exact) mass is 202 g/mol.